The molecule has 0 unspecified atom stereocenters. The van der Waals surface area contributed by atoms with Gasteiger partial charge in [-0.25, -0.2) is 4.79 Å². The van der Waals surface area contributed by atoms with Gasteiger partial charge in [0.2, 0.25) is 5.89 Å². The van der Waals surface area contributed by atoms with E-state index in [1.165, 1.54) is 6.20 Å². The molecule has 0 atom stereocenters. The van der Waals surface area contributed by atoms with Gasteiger partial charge in [-0.05, 0) is 18.6 Å². The van der Waals surface area contributed by atoms with E-state index in [4.69, 9.17) is 4.42 Å². The van der Waals surface area contributed by atoms with E-state index >= 15 is 0 Å². The van der Waals surface area contributed by atoms with Crippen LogP contribution in [-0.4, -0.2) is 14.8 Å². The molecular weight excluding hydrogens is 230 g/mol. The fraction of sp³-hybridized carbons (Fsp3) is 0.154. The van der Waals surface area contributed by atoms with Gasteiger partial charge in [0.05, 0.1) is 6.20 Å². The van der Waals surface area contributed by atoms with Gasteiger partial charge >= 0.3 is 5.63 Å². The molecule has 2 aromatic heterocycles. The third-order valence-corrected chi connectivity index (χ3v) is 2.90. The van der Waals surface area contributed by atoms with Crippen molar-refractivity contribution >= 4 is 11.0 Å². The molecule has 0 radical (unpaired) electrons. The van der Waals surface area contributed by atoms with Crippen molar-refractivity contribution in [2.45, 2.75) is 6.92 Å². The van der Waals surface area contributed by atoms with Crippen molar-refractivity contribution in [1.29, 1.82) is 0 Å². The van der Waals surface area contributed by atoms with Crippen LogP contribution in [0.15, 0.2) is 39.7 Å². The monoisotopic (exact) mass is 241 g/mol. The second kappa shape index (κ2) is 3.80. The SMILES string of the molecule is Cc1ccccc1-c1nc2c(cnn2C)c(=O)o1. The Kier molecular flexibility index (Phi) is 2.26. The van der Waals surface area contributed by atoms with Gasteiger partial charge in [0.1, 0.15) is 5.39 Å². The summed E-state index contributed by atoms with van der Waals surface area (Å²) in [7, 11) is 1.75. The molecule has 0 fully saturated rings. The lowest BCUT2D eigenvalue weighted by molar-refractivity contribution is 0.517. The van der Waals surface area contributed by atoms with Crippen LogP contribution < -0.4 is 5.63 Å². The van der Waals surface area contributed by atoms with Gasteiger partial charge in [0.15, 0.2) is 5.65 Å². The number of rotatable bonds is 1. The highest BCUT2D eigenvalue weighted by Gasteiger charge is 2.12. The van der Waals surface area contributed by atoms with Gasteiger partial charge in [0, 0.05) is 12.6 Å². The summed E-state index contributed by atoms with van der Waals surface area (Å²) in [5.41, 5.74) is 1.95. The summed E-state index contributed by atoms with van der Waals surface area (Å²) < 4.78 is 6.81. The van der Waals surface area contributed by atoms with Gasteiger partial charge in [-0.3, -0.25) is 4.68 Å². The van der Waals surface area contributed by atoms with E-state index in [9.17, 15) is 4.79 Å². The first kappa shape index (κ1) is 10.7. The van der Waals surface area contributed by atoms with Crippen molar-refractivity contribution in [2.24, 2.45) is 7.05 Å². The first-order valence-electron chi connectivity index (χ1n) is 5.55. The van der Waals surface area contributed by atoms with E-state index in [0.29, 0.717) is 16.9 Å². The molecule has 5 nitrogen and oxygen atoms in total. The van der Waals surface area contributed by atoms with Crippen molar-refractivity contribution < 1.29 is 4.42 Å². The molecule has 90 valence electrons. The molecule has 0 aliphatic carbocycles. The molecule has 0 aliphatic rings. The van der Waals surface area contributed by atoms with E-state index in [1.54, 1.807) is 11.7 Å². The summed E-state index contributed by atoms with van der Waals surface area (Å²) in [5, 5.41) is 4.41. The first-order valence-corrected chi connectivity index (χ1v) is 5.55. The molecule has 2 heterocycles. The molecule has 3 aromatic rings. The van der Waals surface area contributed by atoms with Crippen molar-refractivity contribution in [2.75, 3.05) is 0 Å². The van der Waals surface area contributed by atoms with Gasteiger partial charge in [-0.1, -0.05) is 18.2 Å². The third kappa shape index (κ3) is 1.52. The van der Waals surface area contributed by atoms with Crippen LogP contribution in [-0.2, 0) is 7.05 Å². The molecule has 1 aromatic carbocycles. The van der Waals surface area contributed by atoms with Crippen LogP contribution in [0.25, 0.3) is 22.5 Å². The summed E-state index contributed by atoms with van der Waals surface area (Å²) in [4.78, 5) is 16.2. The maximum Gasteiger partial charge on any atom is 0.350 e. The van der Waals surface area contributed by atoms with E-state index in [0.717, 1.165) is 11.1 Å². The Hall–Kier alpha value is -2.43. The molecule has 0 N–H and O–H groups in total. The van der Waals surface area contributed by atoms with Crippen molar-refractivity contribution in [3.05, 3.63) is 46.4 Å². The molecule has 0 bridgehead atoms. The normalized spacial score (nSPS) is 11.0. The standard InChI is InChI=1S/C13H11N3O2/c1-8-5-3-4-6-9(8)12-15-11-10(13(17)18-12)7-14-16(11)2/h3-7H,1-2H3. The maximum absolute atomic E-state index is 11.8. The van der Waals surface area contributed by atoms with Crippen LogP contribution in [0.1, 0.15) is 5.56 Å². The number of benzene rings is 1. The maximum atomic E-state index is 11.8. The number of hydrogen-bond donors (Lipinski definition) is 0. The van der Waals surface area contributed by atoms with Crippen LogP contribution in [0, 0.1) is 6.92 Å². The van der Waals surface area contributed by atoms with E-state index in [1.807, 2.05) is 31.2 Å². The summed E-state index contributed by atoms with van der Waals surface area (Å²) >= 11 is 0. The molecule has 3 rings (SSSR count). The first-order chi connectivity index (χ1) is 8.66. The van der Waals surface area contributed by atoms with Crippen LogP contribution in [0.5, 0.6) is 0 Å². The summed E-state index contributed by atoms with van der Waals surface area (Å²) in [5.74, 6) is 0.328. The third-order valence-electron chi connectivity index (χ3n) is 2.90. The van der Waals surface area contributed by atoms with Gasteiger partial charge in [-0.2, -0.15) is 10.1 Å². The highest BCUT2D eigenvalue weighted by molar-refractivity contribution is 5.74. The number of nitrogens with zero attached hydrogens (tertiary/aromatic N) is 3. The number of fused-ring (bicyclic) bond motifs is 1. The Morgan fingerprint density at radius 2 is 2.06 bits per heavy atom. The topological polar surface area (TPSA) is 60.9 Å². The highest BCUT2D eigenvalue weighted by Crippen LogP contribution is 2.21. The van der Waals surface area contributed by atoms with Crippen molar-refractivity contribution in [3.63, 3.8) is 0 Å². The zero-order chi connectivity index (χ0) is 12.7. The zero-order valence-corrected chi connectivity index (χ0v) is 10.0. The minimum absolute atomic E-state index is 0.328. The molecule has 0 amide bonds. The van der Waals surface area contributed by atoms with Crippen LogP contribution in [0.2, 0.25) is 0 Å². The second-order valence-corrected chi connectivity index (χ2v) is 4.13. The summed E-state index contributed by atoms with van der Waals surface area (Å²) in [6.07, 6.45) is 1.47. The Bertz CT molecular complexity index is 786. The molecular formula is C13H11N3O2. The zero-order valence-electron chi connectivity index (χ0n) is 10.0. The second-order valence-electron chi connectivity index (χ2n) is 4.13. The minimum atomic E-state index is -0.411. The molecule has 0 aliphatic heterocycles. The lowest BCUT2D eigenvalue weighted by Crippen LogP contribution is -2.04. The van der Waals surface area contributed by atoms with Gasteiger partial charge in [0.25, 0.3) is 0 Å². The Morgan fingerprint density at radius 3 is 2.83 bits per heavy atom. The Morgan fingerprint density at radius 1 is 1.28 bits per heavy atom. The predicted octanol–water partition coefficient (Wildman–Crippen LogP) is 1.90. The fourth-order valence-corrected chi connectivity index (χ4v) is 1.90. The van der Waals surface area contributed by atoms with Gasteiger partial charge < -0.3 is 4.42 Å². The van der Waals surface area contributed by atoms with Crippen molar-refractivity contribution in [1.82, 2.24) is 14.8 Å². The quantitative estimate of drug-likeness (QED) is 0.652. The average molecular weight is 241 g/mol. The van der Waals surface area contributed by atoms with Crippen LogP contribution >= 0.6 is 0 Å². The number of aryl methyl sites for hydroxylation is 2. The smallest absolute Gasteiger partial charge is 0.350 e. The Labute approximate surface area is 103 Å². The molecule has 0 saturated carbocycles. The highest BCUT2D eigenvalue weighted by atomic mass is 16.4. The van der Waals surface area contributed by atoms with E-state index in [-0.39, 0.29) is 0 Å². The van der Waals surface area contributed by atoms with E-state index in [2.05, 4.69) is 10.1 Å². The largest absolute Gasteiger partial charge is 0.403 e. The fourth-order valence-electron chi connectivity index (χ4n) is 1.90. The number of hydrogen-bond acceptors (Lipinski definition) is 4. The van der Waals surface area contributed by atoms with Crippen molar-refractivity contribution in [3.8, 4) is 11.5 Å². The van der Waals surface area contributed by atoms with E-state index < -0.39 is 5.63 Å². The Balaban J connectivity index is 2.34. The lowest BCUT2D eigenvalue weighted by atomic mass is 10.1. The minimum Gasteiger partial charge on any atom is -0.403 e. The lowest BCUT2D eigenvalue weighted by Gasteiger charge is -2.03. The molecule has 5 heteroatoms. The summed E-state index contributed by atoms with van der Waals surface area (Å²) in [6.45, 7) is 1.95. The summed E-state index contributed by atoms with van der Waals surface area (Å²) in [6, 6.07) is 7.64. The predicted molar refractivity (Wildman–Crippen MR) is 67.2 cm³/mol. The number of aromatic nitrogens is 3. The average Bonchev–Trinajstić information content (AvgIpc) is 2.72. The molecule has 0 saturated heterocycles. The van der Waals surface area contributed by atoms with Crippen LogP contribution in [0.3, 0.4) is 0 Å². The molecule has 18 heavy (non-hydrogen) atoms. The van der Waals surface area contributed by atoms with Gasteiger partial charge in [-0.15, -0.1) is 0 Å². The van der Waals surface area contributed by atoms with Crippen LogP contribution in [0.4, 0.5) is 0 Å². The molecule has 0 spiro atoms.